The zero-order chi connectivity index (χ0) is 18.1. The van der Waals surface area contributed by atoms with Gasteiger partial charge in [0.15, 0.2) is 5.65 Å². The molecule has 2 rings (SSSR count). The molecular formula is C17H27N5O2. The third-order valence-electron chi connectivity index (χ3n) is 4.18. The molecule has 2 aromatic heterocycles. The Bertz CT molecular complexity index is 794. The molecule has 0 aromatic carbocycles. The maximum absolute atomic E-state index is 12.8. The Morgan fingerprint density at radius 2 is 1.88 bits per heavy atom. The number of aromatic nitrogens is 4. The zero-order valence-corrected chi connectivity index (χ0v) is 15.5. The van der Waals surface area contributed by atoms with Gasteiger partial charge in [0.2, 0.25) is 5.91 Å². The van der Waals surface area contributed by atoms with Crippen LogP contribution in [-0.2, 0) is 16.9 Å². The third kappa shape index (κ3) is 3.34. The first-order valence-electron chi connectivity index (χ1n) is 8.44. The van der Waals surface area contributed by atoms with Crippen molar-refractivity contribution < 1.29 is 4.79 Å². The van der Waals surface area contributed by atoms with Gasteiger partial charge in [0, 0.05) is 26.1 Å². The van der Waals surface area contributed by atoms with Crippen molar-refractivity contribution in [2.24, 2.45) is 0 Å². The lowest BCUT2D eigenvalue weighted by atomic mass is 10.1. The van der Waals surface area contributed by atoms with Crippen LogP contribution in [0.15, 0.2) is 11.0 Å². The van der Waals surface area contributed by atoms with Crippen molar-refractivity contribution in [3.8, 4) is 0 Å². The minimum absolute atomic E-state index is 0.0526. The van der Waals surface area contributed by atoms with Crippen LogP contribution >= 0.6 is 0 Å². The van der Waals surface area contributed by atoms with E-state index in [1.807, 2.05) is 34.6 Å². The van der Waals surface area contributed by atoms with Crippen molar-refractivity contribution in [1.82, 2.24) is 24.2 Å². The van der Waals surface area contributed by atoms with Crippen LogP contribution in [0.3, 0.4) is 0 Å². The first-order chi connectivity index (χ1) is 11.2. The molecule has 24 heavy (non-hydrogen) atoms. The summed E-state index contributed by atoms with van der Waals surface area (Å²) in [7, 11) is 0. The molecule has 2 aromatic rings. The highest BCUT2D eigenvalue weighted by atomic mass is 16.2. The lowest BCUT2D eigenvalue weighted by Crippen LogP contribution is -2.33. The van der Waals surface area contributed by atoms with Gasteiger partial charge in [0.1, 0.15) is 11.2 Å². The molecule has 0 radical (unpaired) electrons. The highest BCUT2D eigenvalue weighted by Gasteiger charge is 2.21. The highest BCUT2D eigenvalue weighted by Crippen LogP contribution is 2.18. The Kier molecular flexibility index (Phi) is 5.11. The van der Waals surface area contributed by atoms with Crippen molar-refractivity contribution in [3.63, 3.8) is 0 Å². The Balaban J connectivity index is 2.36. The van der Waals surface area contributed by atoms with E-state index in [1.54, 1.807) is 27.3 Å². The Morgan fingerprint density at radius 3 is 2.42 bits per heavy atom. The Hall–Kier alpha value is -2.18. The smallest absolute Gasteiger partial charge is 0.264 e. The monoisotopic (exact) mass is 333 g/mol. The molecule has 2 heterocycles. The summed E-state index contributed by atoms with van der Waals surface area (Å²) in [6, 6.07) is 0. The molecular weight excluding hydrogens is 306 g/mol. The van der Waals surface area contributed by atoms with E-state index < -0.39 is 0 Å². The van der Waals surface area contributed by atoms with Gasteiger partial charge in [-0.25, -0.2) is 9.67 Å². The van der Waals surface area contributed by atoms with Crippen LogP contribution in [0.5, 0.6) is 0 Å². The Morgan fingerprint density at radius 1 is 1.25 bits per heavy atom. The fourth-order valence-electron chi connectivity index (χ4n) is 2.80. The summed E-state index contributed by atoms with van der Waals surface area (Å²) in [5.74, 6) is 0.655. The van der Waals surface area contributed by atoms with Gasteiger partial charge in [-0.3, -0.25) is 14.2 Å². The summed E-state index contributed by atoms with van der Waals surface area (Å²) < 4.78 is 3.33. The molecule has 0 saturated carbocycles. The van der Waals surface area contributed by atoms with Crippen LogP contribution in [0.4, 0.5) is 0 Å². The molecule has 0 N–H and O–H groups in total. The number of hydrogen-bond acceptors (Lipinski definition) is 4. The van der Waals surface area contributed by atoms with Crippen molar-refractivity contribution in [2.75, 3.05) is 13.1 Å². The van der Waals surface area contributed by atoms with Gasteiger partial charge in [-0.15, -0.1) is 0 Å². The van der Waals surface area contributed by atoms with Crippen molar-refractivity contribution in [2.45, 2.75) is 60.0 Å². The summed E-state index contributed by atoms with van der Waals surface area (Å²) in [6.45, 7) is 13.4. The van der Waals surface area contributed by atoms with Gasteiger partial charge < -0.3 is 4.90 Å². The van der Waals surface area contributed by atoms with E-state index in [4.69, 9.17) is 0 Å². The number of carbonyl (C=O) groups is 1. The van der Waals surface area contributed by atoms with Crippen molar-refractivity contribution in [1.29, 1.82) is 0 Å². The second kappa shape index (κ2) is 6.75. The van der Waals surface area contributed by atoms with Crippen molar-refractivity contribution in [3.05, 3.63) is 22.4 Å². The molecule has 0 aliphatic heterocycles. The number of amides is 1. The number of nitrogens with zero attached hydrogens (tertiary/aromatic N) is 5. The van der Waals surface area contributed by atoms with Gasteiger partial charge in [-0.05, 0) is 41.5 Å². The predicted octanol–water partition coefficient (Wildman–Crippen LogP) is 1.91. The van der Waals surface area contributed by atoms with Crippen LogP contribution in [0.2, 0.25) is 0 Å². The van der Waals surface area contributed by atoms with Crippen LogP contribution in [-0.4, -0.2) is 43.2 Å². The molecule has 0 aliphatic rings. The average molecular weight is 333 g/mol. The lowest BCUT2D eigenvalue weighted by Gasteiger charge is -2.20. The molecule has 0 saturated heterocycles. The molecule has 0 fully saturated rings. The largest absolute Gasteiger partial charge is 0.343 e. The number of hydrogen-bond donors (Lipinski definition) is 0. The topological polar surface area (TPSA) is 73.0 Å². The summed E-state index contributed by atoms with van der Waals surface area (Å²) in [5, 5.41) is 4.82. The van der Waals surface area contributed by atoms with E-state index in [0.29, 0.717) is 42.9 Å². The van der Waals surface area contributed by atoms with Crippen LogP contribution < -0.4 is 5.56 Å². The summed E-state index contributed by atoms with van der Waals surface area (Å²) in [4.78, 5) is 31.3. The minimum Gasteiger partial charge on any atom is -0.343 e. The zero-order valence-electron chi connectivity index (χ0n) is 15.5. The molecule has 0 atom stereocenters. The van der Waals surface area contributed by atoms with E-state index in [2.05, 4.69) is 10.1 Å². The first-order valence-corrected chi connectivity index (χ1v) is 8.44. The molecule has 0 bridgehead atoms. The van der Waals surface area contributed by atoms with Gasteiger partial charge in [-0.2, -0.15) is 5.10 Å². The number of aryl methyl sites for hydroxylation is 1. The molecule has 1 amide bonds. The number of carbonyl (C=O) groups excluding carboxylic acids is 1. The van der Waals surface area contributed by atoms with Crippen LogP contribution in [0.25, 0.3) is 11.0 Å². The molecule has 0 unspecified atom stereocenters. The third-order valence-corrected chi connectivity index (χ3v) is 4.18. The van der Waals surface area contributed by atoms with Gasteiger partial charge in [-0.1, -0.05) is 0 Å². The molecule has 0 spiro atoms. The lowest BCUT2D eigenvalue weighted by molar-refractivity contribution is -0.131. The average Bonchev–Trinajstić information content (AvgIpc) is 2.92. The summed E-state index contributed by atoms with van der Waals surface area (Å²) >= 11 is 0. The second-order valence-electron chi connectivity index (χ2n) is 6.90. The molecule has 7 heteroatoms. The van der Waals surface area contributed by atoms with E-state index >= 15 is 0 Å². The highest BCUT2D eigenvalue weighted by molar-refractivity contribution is 5.76. The van der Waals surface area contributed by atoms with Crippen LogP contribution in [0.1, 0.15) is 46.9 Å². The van der Waals surface area contributed by atoms with Gasteiger partial charge >= 0.3 is 0 Å². The fourth-order valence-corrected chi connectivity index (χ4v) is 2.80. The molecule has 7 nitrogen and oxygen atoms in total. The van der Waals surface area contributed by atoms with E-state index in [0.717, 1.165) is 0 Å². The maximum Gasteiger partial charge on any atom is 0.264 e. The van der Waals surface area contributed by atoms with E-state index in [1.165, 1.54) is 0 Å². The van der Waals surface area contributed by atoms with Gasteiger partial charge in [0.25, 0.3) is 5.56 Å². The van der Waals surface area contributed by atoms with E-state index in [-0.39, 0.29) is 17.0 Å². The first kappa shape index (κ1) is 18.2. The fraction of sp³-hybridized carbons (Fsp3) is 0.647. The maximum atomic E-state index is 12.8. The van der Waals surface area contributed by atoms with E-state index in [9.17, 15) is 9.59 Å². The SMILES string of the molecule is CCN(CC)C(=O)CCn1c(C)nc2c(cnn2C(C)(C)C)c1=O. The normalized spacial score (nSPS) is 11.9. The Labute approximate surface area is 142 Å². The van der Waals surface area contributed by atoms with Gasteiger partial charge in [0.05, 0.1) is 11.7 Å². The number of rotatable bonds is 5. The number of fused-ring (bicyclic) bond motifs is 1. The molecule has 0 aliphatic carbocycles. The van der Waals surface area contributed by atoms with Crippen LogP contribution in [0, 0.1) is 6.92 Å². The quantitative estimate of drug-likeness (QED) is 0.838. The standard InChI is InChI=1S/C17H27N5O2/c1-7-20(8-2)14(23)9-10-21-12(3)19-15-13(16(21)24)11-18-22(15)17(4,5)6/h11H,7-10H2,1-6H3. The minimum atomic E-state index is -0.251. The molecule has 132 valence electrons. The van der Waals surface area contributed by atoms with Crippen molar-refractivity contribution >= 4 is 16.9 Å². The predicted molar refractivity (Wildman–Crippen MR) is 94.1 cm³/mol. The summed E-state index contributed by atoms with van der Waals surface area (Å²) in [6.07, 6.45) is 1.86. The second-order valence-corrected chi connectivity index (χ2v) is 6.90. The summed E-state index contributed by atoms with van der Waals surface area (Å²) in [5.41, 5.74) is 0.204.